The lowest BCUT2D eigenvalue weighted by atomic mass is 10.2. The van der Waals surface area contributed by atoms with Crippen molar-refractivity contribution >= 4 is 54.4 Å². The van der Waals surface area contributed by atoms with Crippen LogP contribution in [0.4, 0.5) is 11.4 Å². The number of fused-ring (bicyclic) bond motifs is 1. The number of nitrogens with one attached hydrogen (secondary N) is 2. The maximum atomic E-state index is 13.2. The minimum absolute atomic E-state index is 0.277. The lowest BCUT2D eigenvalue weighted by Gasteiger charge is -2.31. The molecule has 0 bridgehead atoms. The smallest absolute Gasteiger partial charge is 0.263 e. The Morgan fingerprint density at radius 2 is 1.93 bits per heavy atom. The van der Waals surface area contributed by atoms with E-state index < -0.39 is 10.0 Å². The fraction of sp³-hybridized carbons (Fsp3) is 0.300. The van der Waals surface area contributed by atoms with Gasteiger partial charge in [0.2, 0.25) is 0 Å². The number of hydrogen-bond acceptors (Lipinski definition) is 6. The van der Waals surface area contributed by atoms with Crippen LogP contribution < -0.4 is 19.7 Å². The van der Waals surface area contributed by atoms with Gasteiger partial charge in [-0.15, -0.1) is 11.3 Å². The number of methoxy groups -OCH3 is 1. The van der Waals surface area contributed by atoms with Crippen molar-refractivity contribution in [1.29, 1.82) is 0 Å². The van der Waals surface area contributed by atoms with Gasteiger partial charge in [-0.05, 0) is 43.3 Å². The highest BCUT2D eigenvalue weighted by Crippen LogP contribution is 2.38. The monoisotopic (exact) mass is 451 g/mol. The topological polar surface area (TPSA) is 70.7 Å². The largest absolute Gasteiger partial charge is 0.495 e. The standard InChI is InChI=1S/C20H22ClN3O3S2/c1-13-20(16-11-14(21)3-6-19(16)28-13)29(25,26)23-15-4-5-18(27-2)17(12-15)24-9-7-22-8-10-24/h3-6,11-12,22-23H,7-10H2,1-2H3. The number of benzene rings is 2. The summed E-state index contributed by atoms with van der Waals surface area (Å²) in [6.07, 6.45) is 0. The van der Waals surface area contributed by atoms with E-state index in [4.69, 9.17) is 16.3 Å². The first-order valence-electron chi connectivity index (χ1n) is 9.24. The van der Waals surface area contributed by atoms with E-state index in [9.17, 15) is 8.42 Å². The Bertz CT molecular complexity index is 1160. The molecule has 29 heavy (non-hydrogen) atoms. The van der Waals surface area contributed by atoms with Crippen molar-refractivity contribution in [1.82, 2.24) is 5.32 Å². The van der Waals surface area contributed by atoms with Gasteiger partial charge in [-0.1, -0.05) is 11.6 Å². The second-order valence-corrected chi connectivity index (χ2v) is 10.2. The minimum atomic E-state index is -3.78. The van der Waals surface area contributed by atoms with Gasteiger partial charge in [0.15, 0.2) is 0 Å². The average Bonchev–Trinajstić information content (AvgIpc) is 3.04. The van der Waals surface area contributed by atoms with Gasteiger partial charge in [0.1, 0.15) is 10.6 Å². The number of hydrogen-bond donors (Lipinski definition) is 2. The van der Waals surface area contributed by atoms with Gasteiger partial charge >= 0.3 is 0 Å². The van der Waals surface area contributed by atoms with Crippen molar-refractivity contribution in [3.05, 3.63) is 46.3 Å². The van der Waals surface area contributed by atoms with Crippen molar-refractivity contribution in [3.8, 4) is 5.75 Å². The molecule has 0 spiro atoms. The predicted octanol–water partition coefficient (Wildman–Crippen LogP) is 4.08. The molecule has 4 rings (SSSR count). The van der Waals surface area contributed by atoms with E-state index in [0.29, 0.717) is 16.1 Å². The maximum absolute atomic E-state index is 13.2. The zero-order valence-corrected chi connectivity index (χ0v) is 18.5. The summed E-state index contributed by atoms with van der Waals surface area (Å²) in [6.45, 7) is 5.23. The van der Waals surface area contributed by atoms with Crippen molar-refractivity contribution in [2.24, 2.45) is 0 Å². The average molecular weight is 452 g/mol. The van der Waals surface area contributed by atoms with E-state index in [1.54, 1.807) is 31.4 Å². The van der Waals surface area contributed by atoms with Crippen LogP contribution in [0, 0.1) is 6.92 Å². The number of nitrogens with zero attached hydrogens (tertiary/aromatic N) is 1. The van der Waals surface area contributed by atoms with E-state index in [2.05, 4.69) is 14.9 Å². The lowest BCUT2D eigenvalue weighted by Crippen LogP contribution is -2.43. The molecule has 0 atom stereocenters. The molecule has 9 heteroatoms. The van der Waals surface area contributed by atoms with Gasteiger partial charge in [-0.3, -0.25) is 4.72 Å². The summed E-state index contributed by atoms with van der Waals surface area (Å²) in [5.41, 5.74) is 1.38. The summed E-state index contributed by atoms with van der Waals surface area (Å²) in [5.74, 6) is 0.721. The third-order valence-electron chi connectivity index (χ3n) is 4.93. The number of rotatable bonds is 5. The third kappa shape index (κ3) is 4.02. The summed E-state index contributed by atoms with van der Waals surface area (Å²) >= 11 is 7.56. The molecule has 2 aromatic carbocycles. The molecule has 2 heterocycles. The van der Waals surface area contributed by atoms with Gasteiger partial charge in [-0.2, -0.15) is 0 Å². The highest BCUT2D eigenvalue weighted by Gasteiger charge is 2.24. The summed E-state index contributed by atoms with van der Waals surface area (Å²) in [4.78, 5) is 3.20. The number of thiophene rings is 1. The van der Waals surface area contributed by atoms with Crippen molar-refractivity contribution in [2.45, 2.75) is 11.8 Å². The molecule has 1 saturated heterocycles. The van der Waals surface area contributed by atoms with Crippen LogP contribution in [0.1, 0.15) is 4.88 Å². The molecule has 0 unspecified atom stereocenters. The number of piperazine rings is 1. The van der Waals surface area contributed by atoms with Crippen LogP contribution in [-0.2, 0) is 10.0 Å². The Morgan fingerprint density at radius 3 is 2.66 bits per heavy atom. The minimum Gasteiger partial charge on any atom is -0.495 e. The van der Waals surface area contributed by atoms with Gasteiger partial charge in [0.05, 0.1) is 18.5 Å². The molecular formula is C20H22ClN3O3S2. The first-order chi connectivity index (χ1) is 13.9. The molecule has 1 aliphatic rings. The Morgan fingerprint density at radius 1 is 1.17 bits per heavy atom. The van der Waals surface area contributed by atoms with Gasteiger partial charge < -0.3 is 15.0 Å². The molecule has 6 nitrogen and oxygen atoms in total. The summed E-state index contributed by atoms with van der Waals surface area (Å²) < 4.78 is 35.6. The van der Waals surface area contributed by atoms with Gasteiger partial charge in [0, 0.05) is 46.2 Å². The van der Waals surface area contributed by atoms with Crippen LogP contribution in [-0.4, -0.2) is 41.7 Å². The SMILES string of the molecule is COc1ccc(NS(=O)(=O)c2c(C)sc3ccc(Cl)cc23)cc1N1CCNCC1. The van der Waals surface area contributed by atoms with Gasteiger partial charge in [0.25, 0.3) is 10.0 Å². The second-order valence-electron chi connectivity index (χ2n) is 6.86. The molecule has 0 saturated carbocycles. The first kappa shape index (κ1) is 20.3. The molecule has 154 valence electrons. The van der Waals surface area contributed by atoms with Crippen molar-refractivity contribution < 1.29 is 13.2 Å². The van der Waals surface area contributed by atoms with Crippen LogP contribution in [0.2, 0.25) is 5.02 Å². The Labute approximate surface area is 179 Å². The van der Waals surface area contributed by atoms with E-state index in [1.807, 2.05) is 19.1 Å². The maximum Gasteiger partial charge on any atom is 0.263 e. The molecule has 0 amide bonds. The Kier molecular flexibility index (Phi) is 5.61. The van der Waals surface area contributed by atoms with Gasteiger partial charge in [-0.25, -0.2) is 8.42 Å². The summed E-state index contributed by atoms with van der Waals surface area (Å²) in [5, 5.41) is 4.47. The molecule has 1 aromatic heterocycles. The summed E-state index contributed by atoms with van der Waals surface area (Å²) in [7, 11) is -2.16. The first-order valence-corrected chi connectivity index (χ1v) is 11.9. The lowest BCUT2D eigenvalue weighted by molar-refractivity contribution is 0.413. The Hall–Kier alpha value is -2.00. The molecule has 0 aliphatic carbocycles. The molecule has 1 fully saturated rings. The zero-order valence-electron chi connectivity index (χ0n) is 16.2. The van der Waals surface area contributed by atoms with Crippen LogP contribution >= 0.6 is 22.9 Å². The van der Waals surface area contributed by atoms with Crippen molar-refractivity contribution in [3.63, 3.8) is 0 Å². The van der Waals surface area contributed by atoms with Crippen LogP contribution in [0.15, 0.2) is 41.3 Å². The number of sulfonamides is 1. The van der Waals surface area contributed by atoms with Crippen LogP contribution in [0.25, 0.3) is 10.1 Å². The third-order valence-corrected chi connectivity index (χ3v) is 7.95. The number of aryl methyl sites for hydroxylation is 1. The number of halogens is 1. The number of ether oxygens (including phenoxy) is 1. The Balaban J connectivity index is 1.72. The molecular weight excluding hydrogens is 430 g/mol. The predicted molar refractivity (Wildman–Crippen MR) is 120 cm³/mol. The number of anilines is 2. The molecule has 1 aliphatic heterocycles. The van der Waals surface area contributed by atoms with Crippen LogP contribution in [0.3, 0.4) is 0 Å². The fourth-order valence-corrected chi connectivity index (χ4v) is 6.62. The van der Waals surface area contributed by atoms with E-state index in [1.165, 1.54) is 11.3 Å². The normalized spacial score (nSPS) is 14.9. The molecule has 0 radical (unpaired) electrons. The zero-order chi connectivity index (χ0) is 20.6. The molecule has 3 aromatic rings. The van der Waals surface area contributed by atoms with E-state index in [-0.39, 0.29) is 4.90 Å². The fourth-order valence-electron chi connectivity index (χ4n) is 3.62. The van der Waals surface area contributed by atoms with E-state index >= 15 is 0 Å². The molecule has 2 N–H and O–H groups in total. The highest BCUT2D eigenvalue weighted by atomic mass is 35.5. The summed E-state index contributed by atoms with van der Waals surface area (Å²) in [6, 6.07) is 10.7. The van der Waals surface area contributed by atoms with Crippen LogP contribution in [0.5, 0.6) is 5.75 Å². The second kappa shape index (κ2) is 8.02. The van der Waals surface area contributed by atoms with Crippen molar-refractivity contribution in [2.75, 3.05) is 42.9 Å². The quantitative estimate of drug-likeness (QED) is 0.611. The van der Waals surface area contributed by atoms with E-state index in [0.717, 1.165) is 47.2 Å². The highest BCUT2D eigenvalue weighted by molar-refractivity contribution is 7.93.